The normalized spacial score (nSPS) is 17.9. The van der Waals surface area contributed by atoms with Gasteiger partial charge in [0.05, 0.1) is 22.5 Å². The van der Waals surface area contributed by atoms with Gasteiger partial charge in [0.15, 0.2) is 0 Å². The first-order chi connectivity index (χ1) is 14.3. The number of alkyl halides is 2. The van der Waals surface area contributed by atoms with Crippen molar-refractivity contribution >= 4 is 26.7 Å². The molecule has 31 heavy (non-hydrogen) atoms. The first-order valence-electron chi connectivity index (χ1n) is 11.2. The molecule has 2 aromatic rings. The molecule has 0 unspecified atom stereocenters. The third-order valence-electron chi connectivity index (χ3n) is 6.22. The van der Waals surface area contributed by atoms with Crippen LogP contribution in [0.25, 0.3) is 11.0 Å². The molecule has 0 spiro atoms. The van der Waals surface area contributed by atoms with Crippen LogP contribution in [0.2, 0.25) is 0 Å². The van der Waals surface area contributed by atoms with Gasteiger partial charge in [-0.15, -0.1) is 0 Å². The monoisotopic (exact) mass is 455 g/mol. The molecule has 1 aromatic heterocycles. The van der Waals surface area contributed by atoms with Crippen molar-refractivity contribution in [1.82, 2.24) is 9.55 Å². The summed E-state index contributed by atoms with van der Waals surface area (Å²) in [6.07, 6.45) is 2.34. The van der Waals surface area contributed by atoms with E-state index in [1.165, 1.54) is 4.31 Å². The Morgan fingerprint density at radius 1 is 1.23 bits per heavy atom. The van der Waals surface area contributed by atoms with Gasteiger partial charge < -0.3 is 4.57 Å². The zero-order valence-electron chi connectivity index (χ0n) is 19.3. The Morgan fingerprint density at radius 3 is 2.45 bits per heavy atom. The molecule has 0 N–H and O–H groups in total. The van der Waals surface area contributed by atoms with E-state index in [4.69, 9.17) is 4.98 Å². The number of rotatable bonds is 7. The number of hydrogen-bond acceptors (Lipinski definition) is 3. The van der Waals surface area contributed by atoms with Gasteiger partial charge in [-0.3, -0.25) is 4.31 Å². The molecule has 1 saturated carbocycles. The van der Waals surface area contributed by atoms with Gasteiger partial charge in [0.2, 0.25) is 15.9 Å². The first-order valence-corrected chi connectivity index (χ1v) is 12.8. The lowest BCUT2D eigenvalue weighted by Gasteiger charge is -2.30. The molecule has 0 bridgehead atoms. The summed E-state index contributed by atoms with van der Waals surface area (Å²) >= 11 is 0. The minimum atomic E-state index is -3.38. The third-order valence-corrected chi connectivity index (χ3v) is 8.07. The summed E-state index contributed by atoms with van der Waals surface area (Å²) in [5.41, 5.74) is 2.02. The fraction of sp³-hybridized carbons (Fsp3) is 0.696. The van der Waals surface area contributed by atoms with Gasteiger partial charge in [-0.1, -0.05) is 34.1 Å². The Balaban J connectivity index is 1.95. The Bertz CT molecular complexity index is 1020. The summed E-state index contributed by atoms with van der Waals surface area (Å²) in [5.74, 6) is -1.34. The third kappa shape index (κ3) is 5.38. The van der Waals surface area contributed by atoms with Gasteiger partial charge in [-0.05, 0) is 43.4 Å². The molecule has 0 radical (unpaired) electrons. The van der Waals surface area contributed by atoms with Crippen LogP contribution in [0, 0.1) is 5.92 Å². The quantitative estimate of drug-likeness (QED) is 0.536. The topological polar surface area (TPSA) is 55.2 Å². The summed E-state index contributed by atoms with van der Waals surface area (Å²) < 4.78 is 55.9. The standard InChI is InChI=1S/C23H35F2N3O2S/c1-6-7-14-31(29,30)27(5)18-8-9-20-19(15-18)26-21(22(2,3)4)28(20)16-17-10-12-23(24,25)13-11-17/h8-9,15,17H,6-7,10-14,16H2,1-5H3. The number of imidazole rings is 1. The smallest absolute Gasteiger partial charge is 0.248 e. The van der Waals surface area contributed by atoms with E-state index in [1.807, 2.05) is 25.1 Å². The average Bonchev–Trinajstić information content (AvgIpc) is 3.05. The van der Waals surface area contributed by atoms with Crippen molar-refractivity contribution < 1.29 is 17.2 Å². The minimum absolute atomic E-state index is 0.0558. The van der Waals surface area contributed by atoms with Gasteiger partial charge in [0.1, 0.15) is 5.82 Å². The Labute approximate surface area is 184 Å². The number of aromatic nitrogens is 2. The van der Waals surface area contributed by atoms with E-state index < -0.39 is 15.9 Å². The number of sulfonamides is 1. The van der Waals surface area contributed by atoms with Crippen molar-refractivity contribution in [3.8, 4) is 0 Å². The van der Waals surface area contributed by atoms with Crippen LogP contribution < -0.4 is 4.31 Å². The number of halogens is 2. The Morgan fingerprint density at radius 2 is 1.87 bits per heavy atom. The summed E-state index contributed by atoms with van der Waals surface area (Å²) in [5, 5.41) is 0. The van der Waals surface area contributed by atoms with Gasteiger partial charge in [-0.25, -0.2) is 22.2 Å². The molecule has 174 valence electrons. The van der Waals surface area contributed by atoms with Crippen molar-refractivity contribution in [1.29, 1.82) is 0 Å². The van der Waals surface area contributed by atoms with Crippen LogP contribution in [0.15, 0.2) is 18.2 Å². The van der Waals surface area contributed by atoms with E-state index in [2.05, 4.69) is 25.3 Å². The number of benzene rings is 1. The number of fused-ring (bicyclic) bond motifs is 1. The maximum Gasteiger partial charge on any atom is 0.248 e. The van der Waals surface area contributed by atoms with Crippen molar-refractivity contribution in [2.75, 3.05) is 17.1 Å². The van der Waals surface area contributed by atoms with Gasteiger partial charge in [-0.2, -0.15) is 0 Å². The van der Waals surface area contributed by atoms with E-state index in [0.29, 0.717) is 31.5 Å². The Hall–Kier alpha value is -1.70. The largest absolute Gasteiger partial charge is 0.327 e. The fourth-order valence-electron chi connectivity index (χ4n) is 4.24. The first kappa shape index (κ1) is 24.0. The highest BCUT2D eigenvalue weighted by atomic mass is 32.2. The molecule has 0 amide bonds. The summed E-state index contributed by atoms with van der Waals surface area (Å²) in [6.45, 7) is 8.88. The van der Waals surface area contributed by atoms with Crippen LogP contribution in [0.5, 0.6) is 0 Å². The SMILES string of the molecule is CCCCS(=O)(=O)N(C)c1ccc2c(c1)nc(C(C)(C)C)n2CC1CCC(F)(F)CC1. The molecule has 5 nitrogen and oxygen atoms in total. The highest BCUT2D eigenvalue weighted by Crippen LogP contribution is 2.38. The second kappa shape index (κ2) is 8.68. The van der Waals surface area contributed by atoms with Gasteiger partial charge in [0.25, 0.3) is 0 Å². The molecule has 1 heterocycles. The molecule has 0 saturated heterocycles. The van der Waals surface area contributed by atoms with Gasteiger partial charge in [0, 0.05) is 31.8 Å². The highest BCUT2D eigenvalue weighted by Gasteiger charge is 2.35. The number of anilines is 1. The number of nitrogens with zero attached hydrogens (tertiary/aromatic N) is 3. The molecule has 0 aliphatic heterocycles. The second-order valence-corrected chi connectivity index (χ2v) is 12.0. The van der Waals surface area contributed by atoms with Crippen molar-refractivity contribution in [3.63, 3.8) is 0 Å². The molecular weight excluding hydrogens is 420 g/mol. The highest BCUT2D eigenvalue weighted by molar-refractivity contribution is 7.92. The predicted octanol–water partition coefficient (Wildman–Crippen LogP) is 5.73. The van der Waals surface area contributed by atoms with E-state index in [9.17, 15) is 17.2 Å². The van der Waals surface area contributed by atoms with Crippen molar-refractivity contribution in [2.24, 2.45) is 5.92 Å². The maximum absolute atomic E-state index is 13.6. The molecular formula is C23H35F2N3O2S. The average molecular weight is 456 g/mol. The molecule has 1 aliphatic rings. The lowest BCUT2D eigenvalue weighted by Crippen LogP contribution is -2.29. The number of hydrogen-bond donors (Lipinski definition) is 0. The van der Waals surface area contributed by atoms with Crippen LogP contribution in [0.4, 0.5) is 14.5 Å². The maximum atomic E-state index is 13.6. The van der Waals surface area contributed by atoms with Crippen LogP contribution >= 0.6 is 0 Å². The lowest BCUT2D eigenvalue weighted by atomic mass is 9.86. The van der Waals surface area contributed by atoms with Gasteiger partial charge >= 0.3 is 0 Å². The number of unbranched alkanes of at least 4 members (excludes halogenated alkanes) is 1. The lowest BCUT2D eigenvalue weighted by molar-refractivity contribution is -0.0473. The van der Waals surface area contributed by atoms with Crippen molar-refractivity contribution in [2.45, 2.75) is 84.1 Å². The molecule has 8 heteroatoms. The molecule has 1 fully saturated rings. The minimum Gasteiger partial charge on any atom is -0.327 e. The molecule has 1 aromatic carbocycles. The van der Waals surface area contributed by atoms with Crippen LogP contribution in [-0.2, 0) is 22.0 Å². The van der Waals surface area contributed by atoms with Crippen molar-refractivity contribution in [3.05, 3.63) is 24.0 Å². The fourth-order valence-corrected chi connectivity index (χ4v) is 5.60. The van der Waals surface area contributed by atoms with Crippen LogP contribution in [0.1, 0.15) is 72.0 Å². The molecule has 1 aliphatic carbocycles. The van der Waals surface area contributed by atoms with E-state index in [0.717, 1.165) is 23.3 Å². The zero-order valence-corrected chi connectivity index (χ0v) is 20.1. The zero-order chi connectivity index (χ0) is 23.0. The van der Waals surface area contributed by atoms with E-state index in [-0.39, 0.29) is 29.9 Å². The van der Waals surface area contributed by atoms with Crippen LogP contribution in [0.3, 0.4) is 0 Å². The van der Waals surface area contributed by atoms with Crippen LogP contribution in [-0.4, -0.2) is 36.7 Å². The molecule has 3 rings (SSSR count). The second-order valence-electron chi connectivity index (χ2n) is 9.91. The van der Waals surface area contributed by atoms with E-state index in [1.54, 1.807) is 7.05 Å². The predicted molar refractivity (Wildman–Crippen MR) is 122 cm³/mol. The van der Waals surface area contributed by atoms with E-state index >= 15 is 0 Å². The Kier molecular flexibility index (Phi) is 6.71. The summed E-state index contributed by atoms with van der Waals surface area (Å²) in [7, 11) is -1.80. The molecule has 0 atom stereocenters. The summed E-state index contributed by atoms with van der Waals surface area (Å²) in [4.78, 5) is 4.86. The summed E-state index contributed by atoms with van der Waals surface area (Å²) in [6, 6.07) is 5.54.